The fraction of sp³-hybridized carbons (Fsp3) is 0.920. The lowest BCUT2D eigenvalue weighted by Gasteiger charge is -2.49. The van der Waals surface area contributed by atoms with E-state index in [0.717, 1.165) is 25.7 Å². The van der Waals surface area contributed by atoms with Gasteiger partial charge in [-0.2, -0.15) is 0 Å². The Bertz CT molecular complexity index is 531. The SMILES string of the molecule is CCCCCCCCCCCCC1CC(=O)N(C2CC(C)N(C)C(C)(C)C2)C1=O. The molecule has 2 rings (SSSR count). The highest BCUT2D eigenvalue weighted by molar-refractivity contribution is 6.03. The van der Waals surface area contributed by atoms with Gasteiger partial charge in [-0.3, -0.25) is 19.4 Å². The summed E-state index contributed by atoms with van der Waals surface area (Å²) >= 11 is 0. The van der Waals surface area contributed by atoms with Gasteiger partial charge in [0.05, 0.1) is 0 Å². The number of unbranched alkanes of at least 4 members (excludes halogenated alkanes) is 9. The zero-order valence-corrected chi connectivity index (χ0v) is 19.8. The number of rotatable bonds is 12. The summed E-state index contributed by atoms with van der Waals surface area (Å²) in [5.74, 6) is 0.128. The van der Waals surface area contributed by atoms with Crippen molar-refractivity contribution in [2.75, 3.05) is 7.05 Å². The predicted octanol–water partition coefficient (Wildman–Crippen LogP) is 5.93. The lowest BCUT2D eigenvalue weighted by atomic mass is 9.83. The zero-order valence-electron chi connectivity index (χ0n) is 19.8. The number of amides is 2. The van der Waals surface area contributed by atoms with Crippen LogP contribution in [0.1, 0.15) is 118 Å². The molecule has 0 aromatic heterocycles. The molecule has 29 heavy (non-hydrogen) atoms. The Balaban J connectivity index is 1.69. The average Bonchev–Trinajstić information content (AvgIpc) is 2.94. The van der Waals surface area contributed by atoms with E-state index in [1.807, 2.05) is 0 Å². The molecular formula is C25H46N2O2. The maximum absolute atomic E-state index is 13.0. The van der Waals surface area contributed by atoms with Gasteiger partial charge in [0.2, 0.25) is 11.8 Å². The molecule has 0 radical (unpaired) electrons. The monoisotopic (exact) mass is 406 g/mol. The van der Waals surface area contributed by atoms with Gasteiger partial charge in [-0.15, -0.1) is 0 Å². The molecule has 2 amide bonds. The highest BCUT2D eigenvalue weighted by Gasteiger charge is 2.46. The van der Waals surface area contributed by atoms with Crippen molar-refractivity contribution in [3.8, 4) is 0 Å². The van der Waals surface area contributed by atoms with Crippen LogP contribution in [0.4, 0.5) is 0 Å². The van der Waals surface area contributed by atoms with Crippen LogP contribution in [-0.4, -0.2) is 46.3 Å². The van der Waals surface area contributed by atoms with Crippen molar-refractivity contribution in [1.29, 1.82) is 0 Å². The third-order valence-electron chi connectivity index (χ3n) is 7.51. The summed E-state index contributed by atoms with van der Waals surface area (Å²) in [5, 5.41) is 0. The highest BCUT2D eigenvalue weighted by Crippen LogP contribution is 2.36. The van der Waals surface area contributed by atoms with Gasteiger partial charge in [0.25, 0.3) is 0 Å². The predicted molar refractivity (Wildman–Crippen MR) is 121 cm³/mol. The molecule has 2 fully saturated rings. The van der Waals surface area contributed by atoms with Gasteiger partial charge < -0.3 is 0 Å². The molecule has 2 aliphatic rings. The van der Waals surface area contributed by atoms with Crippen LogP contribution in [0.15, 0.2) is 0 Å². The van der Waals surface area contributed by atoms with E-state index < -0.39 is 0 Å². The number of imide groups is 1. The summed E-state index contributed by atoms with van der Waals surface area (Å²) in [6, 6.07) is 0.472. The maximum atomic E-state index is 13.0. The Morgan fingerprint density at radius 3 is 2.03 bits per heavy atom. The van der Waals surface area contributed by atoms with E-state index in [4.69, 9.17) is 0 Å². The van der Waals surface area contributed by atoms with Crippen molar-refractivity contribution >= 4 is 11.8 Å². The zero-order chi connectivity index (χ0) is 21.4. The second kappa shape index (κ2) is 11.5. The average molecular weight is 407 g/mol. The topological polar surface area (TPSA) is 40.6 Å². The summed E-state index contributed by atoms with van der Waals surface area (Å²) in [5.41, 5.74) is 0.0253. The van der Waals surface area contributed by atoms with Crippen LogP contribution in [0, 0.1) is 5.92 Å². The standard InChI is InChI=1S/C25H46N2O2/c1-6-7-8-9-10-11-12-13-14-15-16-21-18-23(28)27(24(21)29)22-17-20(2)26(5)25(3,4)19-22/h20-22H,6-19H2,1-5H3. The molecule has 2 saturated heterocycles. The van der Waals surface area contributed by atoms with E-state index in [9.17, 15) is 9.59 Å². The molecule has 0 aromatic rings. The van der Waals surface area contributed by atoms with Crippen molar-refractivity contribution in [2.24, 2.45) is 5.92 Å². The molecule has 168 valence electrons. The molecule has 0 aromatic carbocycles. The van der Waals surface area contributed by atoms with Crippen LogP contribution >= 0.6 is 0 Å². The van der Waals surface area contributed by atoms with Gasteiger partial charge in [-0.1, -0.05) is 71.1 Å². The Hall–Kier alpha value is -0.900. The minimum atomic E-state index is -0.0605. The van der Waals surface area contributed by atoms with Crippen molar-refractivity contribution in [2.45, 2.75) is 135 Å². The second-order valence-corrected chi connectivity index (χ2v) is 10.3. The largest absolute Gasteiger partial charge is 0.298 e. The van der Waals surface area contributed by atoms with Crippen LogP contribution in [0.25, 0.3) is 0 Å². The number of carbonyl (C=O) groups excluding carboxylic acids is 2. The smallest absolute Gasteiger partial charge is 0.233 e. The van der Waals surface area contributed by atoms with Crippen LogP contribution in [0.3, 0.4) is 0 Å². The molecular weight excluding hydrogens is 360 g/mol. The van der Waals surface area contributed by atoms with Crippen molar-refractivity contribution in [1.82, 2.24) is 9.80 Å². The summed E-state index contributed by atoms with van der Waals surface area (Å²) in [6.45, 7) is 8.92. The molecule has 0 N–H and O–H groups in total. The Morgan fingerprint density at radius 1 is 0.931 bits per heavy atom. The van der Waals surface area contributed by atoms with Crippen molar-refractivity contribution in [3.63, 3.8) is 0 Å². The molecule has 0 spiro atoms. The first-order chi connectivity index (χ1) is 13.8. The molecule has 0 saturated carbocycles. The number of carbonyl (C=O) groups is 2. The fourth-order valence-corrected chi connectivity index (χ4v) is 5.35. The number of hydrogen-bond acceptors (Lipinski definition) is 3. The first-order valence-electron chi connectivity index (χ1n) is 12.4. The van der Waals surface area contributed by atoms with Crippen LogP contribution in [0.5, 0.6) is 0 Å². The summed E-state index contributed by atoms with van der Waals surface area (Å²) in [4.78, 5) is 29.7. The van der Waals surface area contributed by atoms with Crippen molar-refractivity contribution < 1.29 is 9.59 Å². The number of likely N-dealkylation sites (tertiary alicyclic amines) is 2. The first kappa shape index (κ1) is 24.4. The van der Waals surface area contributed by atoms with E-state index in [1.54, 1.807) is 4.90 Å². The normalized spacial score (nSPS) is 27.8. The van der Waals surface area contributed by atoms with Gasteiger partial charge in [-0.05, 0) is 47.1 Å². The fourth-order valence-electron chi connectivity index (χ4n) is 5.35. The van der Waals surface area contributed by atoms with Gasteiger partial charge in [0.1, 0.15) is 0 Å². The lowest BCUT2D eigenvalue weighted by molar-refractivity contribution is -0.145. The number of nitrogens with zero attached hydrogens (tertiary/aromatic N) is 2. The van der Waals surface area contributed by atoms with Crippen LogP contribution < -0.4 is 0 Å². The Labute approximate surface area is 179 Å². The molecule has 3 atom stereocenters. The van der Waals surface area contributed by atoms with E-state index in [1.165, 1.54) is 57.8 Å². The lowest BCUT2D eigenvalue weighted by Crippen LogP contribution is -2.58. The van der Waals surface area contributed by atoms with Gasteiger partial charge in [0, 0.05) is 30.0 Å². The van der Waals surface area contributed by atoms with E-state index in [-0.39, 0.29) is 29.3 Å². The van der Waals surface area contributed by atoms with Gasteiger partial charge in [-0.25, -0.2) is 0 Å². The summed E-state index contributed by atoms with van der Waals surface area (Å²) in [6.07, 6.45) is 16.2. The summed E-state index contributed by atoms with van der Waals surface area (Å²) < 4.78 is 0. The van der Waals surface area contributed by atoms with Crippen molar-refractivity contribution in [3.05, 3.63) is 0 Å². The van der Waals surface area contributed by atoms with Crippen LogP contribution in [0.2, 0.25) is 0 Å². The minimum absolute atomic E-state index is 0.0253. The van der Waals surface area contributed by atoms with Gasteiger partial charge >= 0.3 is 0 Å². The molecule has 4 nitrogen and oxygen atoms in total. The minimum Gasteiger partial charge on any atom is -0.298 e. The number of hydrogen-bond donors (Lipinski definition) is 0. The molecule has 2 aliphatic heterocycles. The molecule has 0 aliphatic carbocycles. The molecule has 3 unspecified atom stereocenters. The quantitative estimate of drug-likeness (QED) is 0.298. The first-order valence-corrected chi connectivity index (χ1v) is 12.4. The Kier molecular flexibility index (Phi) is 9.65. The second-order valence-electron chi connectivity index (χ2n) is 10.3. The van der Waals surface area contributed by atoms with E-state index >= 15 is 0 Å². The third kappa shape index (κ3) is 6.80. The van der Waals surface area contributed by atoms with Crippen LogP contribution in [-0.2, 0) is 9.59 Å². The van der Waals surface area contributed by atoms with Gasteiger partial charge in [0.15, 0.2) is 0 Å². The van der Waals surface area contributed by atoms with E-state index in [2.05, 4.69) is 39.6 Å². The molecule has 0 bridgehead atoms. The summed E-state index contributed by atoms with van der Waals surface area (Å²) in [7, 11) is 2.16. The third-order valence-corrected chi connectivity index (χ3v) is 7.51. The van der Waals surface area contributed by atoms with E-state index in [0.29, 0.717) is 12.5 Å². The molecule has 2 heterocycles. The molecule has 4 heteroatoms. The highest BCUT2D eigenvalue weighted by atomic mass is 16.2. The maximum Gasteiger partial charge on any atom is 0.233 e. The number of piperidine rings is 1. The Morgan fingerprint density at radius 2 is 1.48 bits per heavy atom.